The van der Waals surface area contributed by atoms with Crippen molar-refractivity contribution in [2.45, 2.75) is 19.4 Å². The molecule has 2 rings (SSSR count). The van der Waals surface area contributed by atoms with Crippen LogP contribution >= 0.6 is 22.6 Å². The van der Waals surface area contributed by atoms with Gasteiger partial charge in [-0.05, 0) is 53.3 Å². The number of anilines is 2. The van der Waals surface area contributed by atoms with E-state index >= 15 is 0 Å². The number of aliphatic hydroxyl groups excluding tert-OH is 2. The van der Waals surface area contributed by atoms with Gasteiger partial charge in [0, 0.05) is 24.1 Å². The van der Waals surface area contributed by atoms with Crippen LogP contribution in [-0.2, 0) is 11.9 Å². The maximum absolute atomic E-state index is 14.2. The monoisotopic (exact) mass is 505 g/mol. The molecule has 0 saturated carbocycles. The second-order valence-electron chi connectivity index (χ2n) is 6.06. The molecule has 0 aliphatic carbocycles. The number of nitrogens with zero attached hydrogens (tertiary/aromatic N) is 1. The molecule has 0 aliphatic heterocycles. The molecule has 0 aliphatic rings. The highest BCUT2D eigenvalue weighted by molar-refractivity contribution is 14.1. The van der Waals surface area contributed by atoms with Crippen LogP contribution in [0.3, 0.4) is 0 Å². The number of amides is 1. The summed E-state index contributed by atoms with van der Waals surface area (Å²) in [5, 5.41) is 21.1. The largest absolute Gasteiger partial charge is 0.396 e. The molecule has 152 valence electrons. The first-order valence-corrected chi connectivity index (χ1v) is 9.46. The van der Waals surface area contributed by atoms with E-state index in [1.54, 1.807) is 13.1 Å². The molecule has 1 aromatic heterocycles. The first kappa shape index (κ1) is 22.3. The van der Waals surface area contributed by atoms with E-state index in [1.165, 1.54) is 29.7 Å². The second kappa shape index (κ2) is 9.96. The summed E-state index contributed by atoms with van der Waals surface area (Å²) in [5.74, 6) is -1.24. The SMILES string of the molecule is CC(=O)c1cc(C(=O)NOCC(O)CCO)c(Nc2ccc(I)cc2F)n1C. The molecule has 0 fully saturated rings. The summed E-state index contributed by atoms with van der Waals surface area (Å²) in [7, 11) is 1.58. The Labute approximate surface area is 174 Å². The van der Waals surface area contributed by atoms with Crippen molar-refractivity contribution in [2.24, 2.45) is 7.05 Å². The minimum absolute atomic E-state index is 0.0716. The van der Waals surface area contributed by atoms with E-state index in [1.807, 2.05) is 22.6 Å². The van der Waals surface area contributed by atoms with Crippen molar-refractivity contribution < 1.29 is 29.0 Å². The molecule has 8 nitrogen and oxygen atoms in total. The van der Waals surface area contributed by atoms with Crippen LogP contribution in [0.1, 0.15) is 34.2 Å². The van der Waals surface area contributed by atoms with Gasteiger partial charge in [0.25, 0.3) is 5.91 Å². The summed E-state index contributed by atoms with van der Waals surface area (Å²) in [4.78, 5) is 29.3. The van der Waals surface area contributed by atoms with Crippen molar-refractivity contribution >= 4 is 45.8 Å². The van der Waals surface area contributed by atoms with Crippen molar-refractivity contribution in [3.8, 4) is 0 Å². The predicted octanol–water partition coefficient (Wildman–Crippen LogP) is 2.12. The number of hydrogen-bond acceptors (Lipinski definition) is 6. The number of rotatable bonds is 9. The molecule has 1 aromatic carbocycles. The van der Waals surface area contributed by atoms with E-state index in [0.717, 1.165) is 0 Å². The summed E-state index contributed by atoms with van der Waals surface area (Å²) in [5.41, 5.74) is 2.64. The number of hydrogen-bond donors (Lipinski definition) is 4. The number of carbonyl (C=O) groups excluding carboxylic acids is 2. The first-order chi connectivity index (χ1) is 13.2. The van der Waals surface area contributed by atoms with Gasteiger partial charge in [0.2, 0.25) is 0 Å². The van der Waals surface area contributed by atoms with E-state index in [-0.39, 0.29) is 48.2 Å². The standard InChI is InChI=1S/C18H21FIN3O5/c1-10(25)16-8-13(18(27)22-28-9-12(26)5-6-24)17(23(16)2)21-15-4-3-11(20)7-14(15)19/h3-4,7-8,12,21,24,26H,5-6,9H2,1-2H3,(H,22,27). The van der Waals surface area contributed by atoms with Crippen molar-refractivity contribution in [3.05, 3.63) is 44.9 Å². The fraction of sp³-hybridized carbons (Fsp3) is 0.333. The van der Waals surface area contributed by atoms with E-state index < -0.39 is 17.8 Å². The van der Waals surface area contributed by atoms with E-state index in [9.17, 15) is 19.1 Å². The number of nitrogens with one attached hydrogen (secondary N) is 2. The number of benzene rings is 1. The van der Waals surface area contributed by atoms with Crippen molar-refractivity contribution in [1.29, 1.82) is 0 Å². The van der Waals surface area contributed by atoms with Crippen molar-refractivity contribution in [2.75, 3.05) is 18.5 Å². The molecule has 1 unspecified atom stereocenters. The molecule has 0 spiro atoms. The summed E-state index contributed by atoms with van der Waals surface area (Å²) in [6.07, 6.45) is -0.832. The van der Waals surface area contributed by atoms with Crippen LogP contribution in [-0.4, -0.2) is 45.8 Å². The van der Waals surface area contributed by atoms with Crippen LogP contribution in [0.15, 0.2) is 24.3 Å². The Kier molecular flexibility index (Phi) is 7.92. The highest BCUT2D eigenvalue weighted by atomic mass is 127. The van der Waals surface area contributed by atoms with Crippen LogP contribution < -0.4 is 10.8 Å². The summed E-state index contributed by atoms with van der Waals surface area (Å²) in [6, 6.07) is 5.94. The molecule has 10 heteroatoms. The molecule has 4 N–H and O–H groups in total. The first-order valence-electron chi connectivity index (χ1n) is 8.38. The maximum atomic E-state index is 14.2. The van der Waals surface area contributed by atoms with Crippen molar-refractivity contribution in [1.82, 2.24) is 10.0 Å². The van der Waals surface area contributed by atoms with Gasteiger partial charge >= 0.3 is 0 Å². The van der Waals surface area contributed by atoms with E-state index in [0.29, 0.717) is 3.57 Å². The Hall–Kier alpha value is -2.02. The molecule has 0 bridgehead atoms. The number of aliphatic hydroxyl groups is 2. The lowest BCUT2D eigenvalue weighted by molar-refractivity contribution is -0.0188. The highest BCUT2D eigenvalue weighted by Gasteiger charge is 2.22. The zero-order chi connectivity index (χ0) is 20.8. The third-order valence-electron chi connectivity index (χ3n) is 3.93. The topological polar surface area (TPSA) is 113 Å². The molecular formula is C18H21FIN3O5. The molecular weight excluding hydrogens is 484 g/mol. The maximum Gasteiger partial charge on any atom is 0.278 e. The number of Topliss-reactive ketones (excluding diaryl/α,β-unsaturated/α-hetero) is 1. The van der Waals surface area contributed by atoms with Gasteiger partial charge in [0.1, 0.15) is 18.2 Å². The van der Waals surface area contributed by atoms with Gasteiger partial charge in [-0.1, -0.05) is 0 Å². The lowest BCUT2D eigenvalue weighted by Crippen LogP contribution is -2.29. The van der Waals surface area contributed by atoms with Gasteiger partial charge in [0.05, 0.1) is 23.0 Å². The minimum atomic E-state index is -0.938. The lowest BCUT2D eigenvalue weighted by atomic mass is 10.2. The molecule has 0 radical (unpaired) electrons. The third kappa shape index (κ3) is 5.50. The Morgan fingerprint density at radius 3 is 2.68 bits per heavy atom. The molecule has 1 heterocycles. The van der Waals surface area contributed by atoms with E-state index in [4.69, 9.17) is 9.94 Å². The van der Waals surface area contributed by atoms with Crippen LogP contribution in [0.25, 0.3) is 0 Å². The van der Waals surface area contributed by atoms with Gasteiger partial charge in [-0.3, -0.25) is 14.4 Å². The summed E-state index contributed by atoms with van der Waals surface area (Å²) >= 11 is 1.98. The van der Waals surface area contributed by atoms with Gasteiger partial charge in [-0.2, -0.15) is 0 Å². The number of halogens is 2. The Bertz CT molecular complexity index is 871. The number of aromatic nitrogens is 1. The van der Waals surface area contributed by atoms with Gasteiger partial charge in [0.15, 0.2) is 5.78 Å². The zero-order valence-corrected chi connectivity index (χ0v) is 17.5. The highest BCUT2D eigenvalue weighted by Crippen LogP contribution is 2.27. The zero-order valence-electron chi connectivity index (χ0n) is 15.3. The minimum Gasteiger partial charge on any atom is -0.396 e. The Morgan fingerprint density at radius 1 is 1.36 bits per heavy atom. The third-order valence-corrected chi connectivity index (χ3v) is 4.60. The Balaban J connectivity index is 2.26. The van der Waals surface area contributed by atoms with Crippen LogP contribution in [0.5, 0.6) is 0 Å². The van der Waals surface area contributed by atoms with Crippen LogP contribution in [0, 0.1) is 9.39 Å². The quantitative estimate of drug-likeness (QED) is 0.236. The van der Waals surface area contributed by atoms with Gasteiger partial charge in [-0.25, -0.2) is 9.87 Å². The van der Waals surface area contributed by atoms with Gasteiger partial charge < -0.3 is 20.1 Å². The predicted molar refractivity (Wildman–Crippen MR) is 109 cm³/mol. The molecule has 0 saturated heterocycles. The average molecular weight is 505 g/mol. The number of ketones is 1. The fourth-order valence-corrected chi connectivity index (χ4v) is 2.93. The second-order valence-corrected chi connectivity index (χ2v) is 7.31. The Morgan fingerprint density at radius 2 is 2.07 bits per heavy atom. The number of carbonyl (C=O) groups is 2. The van der Waals surface area contributed by atoms with Crippen molar-refractivity contribution in [3.63, 3.8) is 0 Å². The summed E-state index contributed by atoms with van der Waals surface area (Å²) < 4.78 is 16.4. The van der Waals surface area contributed by atoms with Crippen LogP contribution in [0.4, 0.5) is 15.9 Å². The normalized spacial score (nSPS) is 11.9. The molecule has 1 atom stereocenters. The number of hydroxylamine groups is 1. The molecule has 2 aromatic rings. The molecule has 28 heavy (non-hydrogen) atoms. The smallest absolute Gasteiger partial charge is 0.278 e. The summed E-state index contributed by atoms with van der Waals surface area (Å²) in [6.45, 7) is 0.927. The average Bonchev–Trinajstić information content (AvgIpc) is 2.94. The van der Waals surface area contributed by atoms with Gasteiger partial charge in [-0.15, -0.1) is 0 Å². The lowest BCUT2D eigenvalue weighted by Gasteiger charge is -2.13. The van der Waals surface area contributed by atoms with Crippen LogP contribution in [0.2, 0.25) is 0 Å². The van der Waals surface area contributed by atoms with E-state index in [2.05, 4.69) is 10.8 Å². The molecule has 1 amide bonds. The fourth-order valence-electron chi connectivity index (χ4n) is 2.47.